The molecule has 2 nitrogen and oxygen atoms in total. The van der Waals surface area contributed by atoms with Crippen LogP contribution in [-0.4, -0.2) is 11.6 Å². The highest BCUT2D eigenvalue weighted by molar-refractivity contribution is 6.06. The largest absolute Gasteiger partial charge is 0.298 e. The van der Waals surface area contributed by atoms with Gasteiger partial charge < -0.3 is 0 Å². The fourth-order valence-electron chi connectivity index (χ4n) is 2.77. The molecule has 0 heterocycles. The van der Waals surface area contributed by atoms with Crippen molar-refractivity contribution in [2.24, 2.45) is 22.7 Å². The molecule has 1 aliphatic carbocycles. The maximum Gasteiger partial charge on any atom is 0.148 e. The van der Waals surface area contributed by atoms with E-state index < -0.39 is 10.8 Å². The smallest absolute Gasteiger partial charge is 0.148 e. The lowest BCUT2D eigenvalue weighted by molar-refractivity contribution is -0.144. The normalized spacial score (nSPS) is 18.4. The molecule has 0 aromatic carbocycles. The number of carbonyl (C=O) groups is 2. The zero-order chi connectivity index (χ0) is 14.1. The van der Waals surface area contributed by atoms with Crippen LogP contribution >= 0.6 is 0 Å². The van der Waals surface area contributed by atoms with Crippen molar-refractivity contribution in [3.05, 3.63) is 0 Å². The van der Waals surface area contributed by atoms with Gasteiger partial charge in [-0.25, -0.2) is 0 Å². The number of ketones is 2. The second kappa shape index (κ2) is 5.14. The van der Waals surface area contributed by atoms with Gasteiger partial charge in [0.1, 0.15) is 11.6 Å². The highest BCUT2D eigenvalue weighted by Crippen LogP contribution is 2.39. The first kappa shape index (κ1) is 15.4. The molecule has 0 atom stereocenters. The fraction of sp³-hybridized carbons (Fsp3) is 0.875. The van der Waals surface area contributed by atoms with E-state index in [1.54, 1.807) is 0 Å². The SMILES string of the molecule is CC(C)(C)C(=O)C(C(=O)C(C)(C)C)C1CCCC1. The van der Waals surface area contributed by atoms with Crippen molar-refractivity contribution in [1.29, 1.82) is 0 Å². The average molecular weight is 252 g/mol. The molecule has 0 N–H and O–H groups in total. The van der Waals surface area contributed by atoms with Crippen LogP contribution in [0.4, 0.5) is 0 Å². The quantitative estimate of drug-likeness (QED) is 0.711. The molecule has 1 fully saturated rings. The van der Waals surface area contributed by atoms with Crippen LogP contribution in [0, 0.1) is 22.7 Å². The van der Waals surface area contributed by atoms with Crippen molar-refractivity contribution in [1.82, 2.24) is 0 Å². The van der Waals surface area contributed by atoms with Crippen molar-refractivity contribution >= 4 is 11.6 Å². The van der Waals surface area contributed by atoms with Gasteiger partial charge in [0, 0.05) is 10.8 Å². The molecule has 0 aromatic rings. The predicted molar refractivity (Wildman–Crippen MR) is 74.4 cm³/mol. The van der Waals surface area contributed by atoms with Gasteiger partial charge in [-0.3, -0.25) is 9.59 Å². The van der Waals surface area contributed by atoms with Crippen LogP contribution in [0.2, 0.25) is 0 Å². The predicted octanol–water partition coefficient (Wildman–Crippen LogP) is 4.02. The number of hydrogen-bond acceptors (Lipinski definition) is 2. The third-order valence-electron chi connectivity index (χ3n) is 3.91. The third kappa shape index (κ3) is 3.43. The maximum absolute atomic E-state index is 12.6. The van der Waals surface area contributed by atoms with E-state index in [2.05, 4.69) is 0 Å². The summed E-state index contributed by atoms with van der Waals surface area (Å²) in [5.41, 5.74) is -0.845. The van der Waals surface area contributed by atoms with Crippen LogP contribution in [0.1, 0.15) is 67.2 Å². The molecular formula is C16H28O2. The lowest BCUT2D eigenvalue weighted by Crippen LogP contribution is -2.42. The van der Waals surface area contributed by atoms with E-state index in [0.717, 1.165) is 25.7 Å². The summed E-state index contributed by atoms with van der Waals surface area (Å²) in [4.78, 5) is 25.2. The Bertz CT molecular complexity index is 296. The van der Waals surface area contributed by atoms with Gasteiger partial charge in [-0.05, 0) is 18.8 Å². The summed E-state index contributed by atoms with van der Waals surface area (Å²) in [7, 11) is 0. The molecule has 0 spiro atoms. The molecule has 1 aliphatic rings. The van der Waals surface area contributed by atoms with Gasteiger partial charge >= 0.3 is 0 Å². The summed E-state index contributed by atoms with van der Waals surface area (Å²) < 4.78 is 0. The molecule has 104 valence electrons. The molecule has 1 saturated carbocycles. The molecular weight excluding hydrogens is 224 g/mol. The summed E-state index contributed by atoms with van der Waals surface area (Å²) >= 11 is 0. The Kier molecular flexibility index (Phi) is 4.40. The van der Waals surface area contributed by atoms with Gasteiger partial charge in [-0.2, -0.15) is 0 Å². The first-order valence-corrected chi connectivity index (χ1v) is 7.14. The Morgan fingerprint density at radius 3 is 1.44 bits per heavy atom. The van der Waals surface area contributed by atoms with Crippen molar-refractivity contribution in [2.75, 3.05) is 0 Å². The molecule has 18 heavy (non-hydrogen) atoms. The number of carbonyl (C=O) groups excluding carboxylic acids is 2. The van der Waals surface area contributed by atoms with E-state index in [4.69, 9.17) is 0 Å². The number of rotatable bonds is 3. The number of Topliss-reactive ketones (excluding diaryl/α,β-unsaturated/α-hetero) is 2. The Morgan fingerprint density at radius 1 is 0.833 bits per heavy atom. The van der Waals surface area contributed by atoms with Crippen molar-refractivity contribution in [3.8, 4) is 0 Å². The summed E-state index contributed by atoms with van der Waals surface area (Å²) in [5, 5.41) is 0. The molecule has 0 amide bonds. The second-order valence-corrected chi connectivity index (χ2v) is 7.75. The van der Waals surface area contributed by atoms with Crippen LogP contribution in [0.3, 0.4) is 0 Å². The fourth-order valence-corrected chi connectivity index (χ4v) is 2.77. The summed E-state index contributed by atoms with van der Waals surface area (Å²) in [5.74, 6) is 0.166. The van der Waals surface area contributed by atoms with Gasteiger partial charge in [0.2, 0.25) is 0 Å². The third-order valence-corrected chi connectivity index (χ3v) is 3.91. The molecule has 1 rings (SSSR count). The van der Waals surface area contributed by atoms with E-state index in [9.17, 15) is 9.59 Å². The first-order chi connectivity index (χ1) is 8.05. The Labute approximate surface area is 112 Å². The molecule has 2 heteroatoms. The molecule has 0 aliphatic heterocycles. The monoisotopic (exact) mass is 252 g/mol. The average Bonchev–Trinajstić information content (AvgIpc) is 2.68. The van der Waals surface area contributed by atoms with Gasteiger partial charge in [0.15, 0.2) is 0 Å². The van der Waals surface area contributed by atoms with E-state index in [1.807, 2.05) is 41.5 Å². The molecule has 0 unspecified atom stereocenters. The zero-order valence-electron chi connectivity index (χ0n) is 12.8. The van der Waals surface area contributed by atoms with E-state index in [0.29, 0.717) is 0 Å². The highest BCUT2D eigenvalue weighted by Gasteiger charge is 2.43. The lowest BCUT2D eigenvalue weighted by Gasteiger charge is -2.32. The highest BCUT2D eigenvalue weighted by atomic mass is 16.2. The minimum Gasteiger partial charge on any atom is -0.298 e. The minimum atomic E-state index is -0.422. The van der Waals surface area contributed by atoms with E-state index in [1.165, 1.54) is 0 Å². The van der Waals surface area contributed by atoms with Crippen LogP contribution in [0.15, 0.2) is 0 Å². The number of hydrogen-bond donors (Lipinski definition) is 0. The topological polar surface area (TPSA) is 34.1 Å². The molecule has 0 bridgehead atoms. The van der Waals surface area contributed by atoms with Crippen molar-refractivity contribution < 1.29 is 9.59 Å². The molecule has 0 aromatic heterocycles. The summed E-state index contributed by atoms with van der Waals surface area (Å²) in [6, 6.07) is 0. The first-order valence-electron chi connectivity index (χ1n) is 7.14. The Balaban J connectivity index is 3.03. The van der Waals surface area contributed by atoms with Gasteiger partial charge in [-0.1, -0.05) is 54.4 Å². The van der Waals surface area contributed by atoms with Gasteiger partial charge in [0.25, 0.3) is 0 Å². The second-order valence-electron chi connectivity index (χ2n) is 7.75. The van der Waals surface area contributed by atoms with Crippen molar-refractivity contribution in [2.45, 2.75) is 67.2 Å². The van der Waals surface area contributed by atoms with Crippen LogP contribution in [-0.2, 0) is 9.59 Å². The summed E-state index contributed by atoms with van der Waals surface area (Å²) in [6.45, 7) is 11.5. The van der Waals surface area contributed by atoms with Gasteiger partial charge in [-0.15, -0.1) is 0 Å². The molecule has 0 saturated heterocycles. The Hall–Kier alpha value is -0.660. The minimum absolute atomic E-state index is 0.134. The summed E-state index contributed by atoms with van der Waals surface area (Å²) in [6.07, 6.45) is 4.40. The lowest BCUT2D eigenvalue weighted by atomic mass is 9.69. The van der Waals surface area contributed by atoms with Crippen LogP contribution < -0.4 is 0 Å². The van der Waals surface area contributed by atoms with Crippen LogP contribution in [0.25, 0.3) is 0 Å². The van der Waals surface area contributed by atoms with Crippen molar-refractivity contribution in [3.63, 3.8) is 0 Å². The standard InChI is InChI=1S/C16H28O2/c1-15(2,3)13(17)12(11-9-7-8-10-11)14(18)16(4,5)6/h11-12H,7-10H2,1-6H3. The van der Waals surface area contributed by atoms with Crippen LogP contribution in [0.5, 0.6) is 0 Å². The zero-order valence-corrected chi connectivity index (χ0v) is 12.8. The van der Waals surface area contributed by atoms with E-state index in [-0.39, 0.29) is 23.4 Å². The Morgan fingerprint density at radius 2 is 1.17 bits per heavy atom. The van der Waals surface area contributed by atoms with Gasteiger partial charge in [0.05, 0.1) is 5.92 Å². The van der Waals surface area contributed by atoms with E-state index >= 15 is 0 Å². The molecule has 0 radical (unpaired) electrons. The maximum atomic E-state index is 12.6.